The van der Waals surface area contributed by atoms with Gasteiger partial charge in [0.1, 0.15) is 6.61 Å². The maximum Gasteiger partial charge on any atom is 0.226 e. The van der Waals surface area contributed by atoms with Gasteiger partial charge in [-0.05, 0) is 42.0 Å². The van der Waals surface area contributed by atoms with Crippen LogP contribution in [-0.2, 0) is 11.3 Å². The molecule has 0 atom stereocenters. The zero-order valence-corrected chi connectivity index (χ0v) is 15.5. The van der Waals surface area contributed by atoms with E-state index in [1.54, 1.807) is 13.2 Å². The van der Waals surface area contributed by atoms with Crippen LogP contribution < -0.4 is 20.1 Å². The quantitative estimate of drug-likeness (QED) is 0.653. The van der Waals surface area contributed by atoms with Gasteiger partial charge in [-0.2, -0.15) is 0 Å². The van der Waals surface area contributed by atoms with E-state index in [2.05, 4.69) is 17.2 Å². The second kappa shape index (κ2) is 9.51. The van der Waals surface area contributed by atoms with Crippen molar-refractivity contribution in [2.24, 2.45) is 5.92 Å². The van der Waals surface area contributed by atoms with Gasteiger partial charge < -0.3 is 20.1 Å². The molecule has 5 nitrogen and oxygen atoms in total. The summed E-state index contributed by atoms with van der Waals surface area (Å²) in [5, 5.41) is 6.23. The molecule has 26 heavy (non-hydrogen) atoms. The Hall–Kier alpha value is -2.95. The highest BCUT2D eigenvalue weighted by Crippen LogP contribution is 2.28. The molecule has 1 amide bonds. The number of carbonyl (C=O) groups excluding carboxylic acids is 1. The van der Waals surface area contributed by atoms with Gasteiger partial charge in [0, 0.05) is 23.8 Å². The van der Waals surface area contributed by atoms with E-state index in [4.69, 9.17) is 9.47 Å². The third kappa shape index (κ3) is 5.55. The van der Waals surface area contributed by atoms with Gasteiger partial charge in [-0.15, -0.1) is 0 Å². The van der Waals surface area contributed by atoms with E-state index in [-0.39, 0.29) is 11.8 Å². The molecular weight excluding hydrogens is 328 g/mol. The molecule has 2 N–H and O–H groups in total. The summed E-state index contributed by atoms with van der Waals surface area (Å²) in [7, 11) is 1.62. The number of anilines is 2. The van der Waals surface area contributed by atoms with Crippen LogP contribution in [0.15, 0.2) is 55.1 Å². The Morgan fingerprint density at radius 1 is 1.12 bits per heavy atom. The van der Waals surface area contributed by atoms with Gasteiger partial charge in [0.15, 0.2) is 11.5 Å². The van der Waals surface area contributed by atoms with Gasteiger partial charge in [0.05, 0.1) is 7.11 Å². The van der Waals surface area contributed by atoms with Gasteiger partial charge in [-0.3, -0.25) is 4.79 Å². The fourth-order valence-electron chi connectivity index (χ4n) is 2.25. The Balaban J connectivity index is 1.95. The van der Waals surface area contributed by atoms with Crippen LogP contribution in [0, 0.1) is 5.92 Å². The van der Waals surface area contributed by atoms with E-state index < -0.39 is 0 Å². The molecule has 0 aromatic heterocycles. The third-order valence-electron chi connectivity index (χ3n) is 3.76. The summed E-state index contributed by atoms with van der Waals surface area (Å²) >= 11 is 0. The van der Waals surface area contributed by atoms with Gasteiger partial charge in [0.25, 0.3) is 0 Å². The predicted molar refractivity (Wildman–Crippen MR) is 106 cm³/mol. The SMILES string of the molecule is C=CCOc1ccc(CNc2ccc(NC(=O)C(C)C)cc2)cc1OC. The molecule has 0 fully saturated rings. The summed E-state index contributed by atoms with van der Waals surface area (Å²) in [6.07, 6.45) is 1.70. The molecule has 5 heteroatoms. The van der Waals surface area contributed by atoms with Crippen LogP contribution >= 0.6 is 0 Å². The number of rotatable bonds is 9. The third-order valence-corrected chi connectivity index (χ3v) is 3.76. The smallest absolute Gasteiger partial charge is 0.226 e. The number of carbonyl (C=O) groups is 1. The molecular formula is C21H26N2O3. The highest BCUT2D eigenvalue weighted by atomic mass is 16.5. The highest BCUT2D eigenvalue weighted by molar-refractivity contribution is 5.92. The van der Waals surface area contributed by atoms with Crippen LogP contribution in [0.5, 0.6) is 11.5 Å². The minimum atomic E-state index is -0.0405. The number of amides is 1. The lowest BCUT2D eigenvalue weighted by molar-refractivity contribution is -0.118. The minimum absolute atomic E-state index is 0.0107. The molecule has 0 aliphatic heterocycles. The van der Waals surface area contributed by atoms with Crippen molar-refractivity contribution in [2.45, 2.75) is 20.4 Å². The molecule has 0 aliphatic carbocycles. The Kier molecular flexibility index (Phi) is 7.09. The van der Waals surface area contributed by atoms with Crippen molar-refractivity contribution < 1.29 is 14.3 Å². The second-order valence-electron chi connectivity index (χ2n) is 6.16. The van der Waals surface area contributed by atoms with Crippen LogP contribution in [0.2, 0.25) is 0 Å². The van der Waals surface area contributed by atoms with Crippen LogP contribution in [0.1, 0.15) is 19.4 Å². The largest absolute Gasteiger partial charge is 0.493 e. The first-order chi connectivity index (χ1) is 12.5. The van der Waals surface area contributed by atoms with E-state index in [0.717, 1.165) is 16.9 Å². The van der Waals surface area contributed by atoms with E-state index in [1.165, 1.54) is 0 Å². The lowest BCUT2D eigenvalue weighted by atomic mass is 10.2. The molecule has 2 rings (SSSR count). The van der Waals surface area contributed by atoms with Crippen molar-refractivity contribution in [1.82, 2.24) is 0 Å². The Morgan fingerprint density at radius 2 is 1.81 bits per heavy atom. The maximum absolute atomic E-state index is 11.7. The monoisotopic (exact) mass is 354 g/mol. The molecule has 0 spiro atoms. The Morgan fingerprint density at radius 3 is 2.42 bits per heavy atom. The number of ether oxygens (including phenoxy) is 2. The molecule has 0 bridgehead atoms. The number of hydrogen-bond acceptors (Lipinski definition) is 4. The van der Waals surface area contributed by atoms with Crippen LogP contribution in [-0.4, -0.2) is 19.6 Å². The lowest BCUT2D eigenvalue weighted by Crippen LogP contribution is -2.17. The van der Waals surface area contributed by atoms with Crippen molar-refractivity contribution in [2.75, 3.05) is 24.4 Å². The van der Waals surface area contributed by atoms with Crippen molar-refractivity contribution in [3.63, 3.8) is 0 Å². The van der Waals surface area contributed by atoms with Gasteiger partial charge in [-0.25, -0.2) is 0 Å². The topological polar surface area (TPSA) is 59.6 Å². The van der Waals surface area contributed by atoms with E-state index in [0.29, 0.717) is 24.7 Å². The molecule has 2 aromatic carbocycles. The highest BCUT2D eigenvalue weighted by Gasteiger charge is 2.07. The summed E-state index contributed by atoms with van der Waals surface area (Å²) in [6, 6.07) is 13.5. The van der Waals surface area contributed by atoms with E-state index in [1.807, 2.05) is 56.3 Å². The summed E-state index contributed by atoms with van der Waals surface area (Å²) < 4.78 is 10.9. The molecule has 0 heterocycles. The number of hydrogen-bond donors (Lipinski definition) is 2. The standard InChI is InChI=1S/C21H26N2O3/c1-5-12-26-19-11-6-16(13-20(19)25-4)14-22-17-7-9-18(10-8-17)23-21(24)15(2)3/h5-11,13,15,22H,1,12,14H2,2-4H3,(H,23,24). The van der Waals surface area contributed by atoms with Crippen molar-refractivity contribution in [3.8, 4) is 11.5 Å². The van der Waals surface area contributed by atoms with Crippen molar-refractivity contribution in [1.29, 1.82) is 0 Å². The number of benzene rings is 2. The molecule has 0 aliphatic rings. The summed E-state index contributed by atoms with van der Waals surface area (Å²) in [6.45, 7) is 8.47. The molecule has 0 saturated carbocycles. The van der Waals surface area contributed by atoms with Gasteiger partial charge in [-0.1, -0.05) is 32.6 Å². The second-order valence-corrected chi connectivity index (χ2v) is 6.16. The first kappa shape index (κ1) is 19.4. The normalized spacial score (nSPS) is 10.3. The fourth-order valence-corrected chi connectivity index (χ4v) is 2.25. The van der Waals surface area contributed by atoms with E-state index >= 15 is 0 Å². The number of methoxy groups -OCH3 is 1. The fraction of sp³-hybridized carbons (Fsp3) is 0.286. The Labute approximate surface area is 155 Å². The molecule has 2 aromatic rings. The minimum Gasteiger partial charge on any atom is -0.493 e. The first-order valence-electron chi connectivity index (χ1n) is 8.59. The first-order valence-corrected chi connectivity index (χ1v) is 8.59. The van der Waals surface area contributed by atoms with Crippen molar-refractivity contribution >= 4 is 17.3 Å². The summed E-state index contributed by atoms with van der Waals surface area (Å²) in [5.41, 5.74) is 2.84. The molecule has 0 unspecified atom stereocenters. The van der Waals surface area contributed by atoms with Crippen LogP contribution in [0.3, 0.4) is 0 Å². The summed E-state index contributed by atoms with van der Waals surface area (Å²) in [4.78, 5) is 11.7. The van der Waals surface area contributed by atoms with Crippen LogP contribution in [0.4, 0.5) is 11.4 Å². The number of nitrogens with one attached hydrogen (secondary N) is 2. The van der Waals surface area contributed by atoms with Gasteiger partial charge in [0.2, 0.25) is 5.91 Å². The zero-order valence-electron chi connectivity index (χ0n) is 15.5. The summed E-state index contributed by atoms with van der Waals surface area (Å²) in [5.74, 6) is 1.36. The molecule has 0 radical (unpaired) electrons. The molecule has 138 valence electrons. The van der Waals surface area contributed by atoms with Crippen LogP contribution in [0.25, 0.3) is 0 Å². The van der Waals surface area contributed by atoms with Crippen molar-refractivity contribution in [3.05, 3.63) is 60.7 Å². The lowest BCUT2D eigenvalue weighted by Gasteiger charge is -2.13. The average Bonchev–Trinajstić information content (AvgIpc) is 2.65. The Bertz CT molecular complexity index is 739. The van der Waals surface area contributed by atoms with E-state index in [9.17, 15) is 4.79 Å². The van der Waals surface area contributed by atoms with Gasteiger partial charge >= 0.3 is 0 Å². The zero-order chi connectivity index (χ0) is 18.9. The predicted octanol–water partition coefficient (Wildman–Crippen LogP) is 4.47. The molecule has 0 saturated heterocycles. The average molecular weight is 354 g/mol. The maximum atomic E-state index is 11.7.